The second-order valence-electron chi connectivity index (χ2n) is 11.6. The van der Waals surface area contributed by atoms with Crippen molar-refractivity contribution in [1.82, 2.24) is 30.9 Å². The molecule has 4 atom stereocenters. The second kappa shape index (κ2) is 15.4. The second-order valence-corrected chi connectivity index (χ2v) is 12.3. The van der Waals surface area contributed by atoms with Crippen molar-refractivity contribution in [2.75, 3.05) is 25.9 Å². The fourth-order valence-electron chi connectivity index (χ4n) is 4.75. The number of likely N-dealkylation sites (tertiary alicyclic amines) is 1. The van der Waals surface area contributed by atoms with Crippen LogP contribution in [0.4, 0.5) is 0 Å². The van der Waals surface area contributed by atoms with E-state index < -0.39 is 53.0 Å². The van der Waals surface area contributed by atoms with E-state index in [4.69, 9.17) is 0 Å². The Morgan fingerprint density at radius 2 is 1.62 bits per heavy atom. The molecule has 5 N–H and O–H groups in total. The highest BCUT2D eigenvalue weighted by atomic mass is 32.2. The maximum atomic E-state index is 13.9. The summed E-state index contributed by atoms with van der Waals surface area (Å²) in [6, 6.07) is -2.75. The van der Waals surface area contributed by atoms with Gasteiger partial charge in [-0.05, 0) is 43.3 Å². The average molecular weight is 583 g/mol. The third-order valence-corrected chi connectivity index (χ3v) is 7.62. The van der Waals surface area contributed by atoms with Crippen molar-refractivity contribution in [1.29, 1.82) is 0 Å². The lowest BCUT2D eigenvalue weighted by Crippen LogP contribution is -2.60. The van der Waals surface area contributed by atoms with E-state index in [1.54, 1.807) is 6.26 Å². The molecule has 12 nitrogen and oxygen atoms in total. The Kier molecular flexibility index (Phi) is 12.9. The molecule has 0 bridgehead atoms. The highest BCUT2D eigenvalue weighted by molar-refractivity contribution is 7.96. The summed E-state index contributed by atoms with van der Waals surface area (Å²) in [5, 5.41) is 10.7. The van der Waals surface area contributed by atoms with Crippen LogP contribution in [0.2, 0.25) is 0 Å². The first-order valence-corrected chi connectivity index (χ1v) is 15.3. The molecule has 2 fully saturated rings. The van der Waals surface area contributed by atoms with Crippen molar-refractivity contribution in [3.8, 4) is 0 Å². The van der Waals surface area contributed by atoms with Gasteiger partial charge in [-0.25, -0.2) is 0 Å². The van der Waals surface area contributed by atoms with Gasteiger partial charge in [-0.3, -0.25) is 33.5 Å². The fraction of sp³-hybridized carbons (Fsp3) is 0.778. The number of amides is 5. The van der Waals surface area contributed by atoms with E-state index in [0.717, 1.165) is 12.8 Å². The molecule has 1 saturated heterocycles. The summed E-state index contributed by atoms with van der Waals surface area (Å²) >= 11 is 1.28. The topological polar surface area (TPSA) is 166 Å². The molecule has 1 aliphatic heterocycles. The molecule has 0 spiro atoms. The van der Waals surface area contributed by atoms with E-state index in [1.165, 1.54) is 16.8 Å². The van der Waals surface area contributed by atoms with Crippen LogP contribution in [0.1, 0.15) is 73.1 Å². The van der Waals surface area contributed by atoms with Gasteiger partial charge >= 0.3 is 0 Å². The molecule has 2 rings (SSSR count). The summed E-state index contributed by atoms with van der Waals surface area (Å²) in [6.07, 6.45) is 5.58. The number of rotatable bonds is 15. The fourth-order valence-corrected chi connectivity index (χ4v) is 5.02. The molecule has 3 unspecified atom stereocenters. The predicted molar refractivity (Wildman–Crippen MR) is 153 cm³/mol. The lowest BCUT2D eigenvalue weighted by Gasteiger charge is -2.36. The molecule has 0 aromatic rings. The van der Waals surface area contributed by atoms with E-state index in [-0.39, 0.29) is 31.0 Å². The summed E-state index contributed by atoms with van der Waals surface area (Å²) in [6.45, 7) is 9.32. The first-order chi connectivity index (χ1) is 18.8. The zero-order chi connectivity index (χ0) is 30.0. The van der Waals surface area contributed by atoms with Gasteiger partial charge in [0.1, 0.15) is 12.1 Å². The van der Waals surface area contributed by atoms with Gasteiger partial charge in [0.25, 0.3) is 5.91 Å². The zero-order valence-electron chi connectivity index (χ0n) is 24.6. The summed E-state index contributed by atoms with van der Waals surface area (Å²) in [7, 11) is 0. The van der Waals surface area contributed by atoms with Crippen LogP contribution in [-0.2, 0) is 28.8 Å². The van der Waals surface area contributed by atoms with Crippen LogP contribution in [0.25, 0.3) is 0 Å². The molecule has 40 heavy (non-hydrogen) atoms. The smallest absolute Gasteiger partial charge is 0.289 e. The summed E-state index contributed by atoms with van der Waals surface area (Å²) in [5.41, 5.74) is -0.690. The van der Waals surface area contributed by atoms with Crippen molar-refractivity contribution >= 4 is 47.3 Å². The Bertz CT molecular complexity index is 950. The molecule has 0 aromatic carbocycles. The van der Waals surface area contributed by atoms with Gasteiger partial charge in [0.15, 0.2) is 0 Å². The number of hydrogen-bond donors (Lipinski definition) is 5. The molecule has 0 aromatic heterocycles. The predicted octanol–water partition coefficient (Wildman–Crippen LogP) is 0.261. The lowest BCUT2D eigenvalue weighted by atomic mass is 9.85. The minimum Gasteiger partial charge on any atom is -0.347 e. The van der Waals surface area contributed by atoms with Crippen molar-refractivity contribution in [2.45, 2.75) is 97.3 Å². The van der Waals surface area contributed by atoms with E-state index in [1.807, 2.05) is 34.6 Å². The molecule has 0 radical (unpaired) electrons. The molecule has 1 saturated carbocycles. The van der Waals surface area contributed by atoms with Crippen LogP contribution in [0.15, 0.2) is 0 Å². The van der Waals surface area contributed by atoms with Crippen molar-refractivity contribution in [2.24, 2.45) is 11.3 Å². The Morgan fingerprint density at radius 3 is 2.17 bits per heavy atom. The number of Topliss-reactive ketones (excluding diaryl/α,β-unsaturated/α-hetero) is 1. The van der Waals surface area contributed by atoms with Gasteiger partial charge in [-0.15, -0.1) is 0 Å². The summed E-state index contributed by atoms with van der Waals surface area (Å²) in [5.74, 6) is -3.27. The highest BCUT2D eigenvalue weighted by Gasteiger charge is 2.46. The van der Waals surface area contributed by atoms with Crippen LogP contribution in [-0.4, -0.2) is 90.3 Å². The number of ketones is 1. The minimum atomic E-state index is -0.978. The molecule has 226 valence electrons. The quantitative estimate of drug-likeness (QED) is 0.135. The van der Waals surface area contributed by atoms with E-state index in [9.17, 15) is 28.8 Å². The maximum absolute atomic E-state index is 13.9. The van der Waals surface area contributed by atoms with Crippen molar-refractivity contribution in [3.63, 3.8) is 0 Å². The monoisotopic (exact) mass is 582 g/mol. The molecule has 13 heteroatoms. The van der Waals surface area contributed by atoms with Crippen molar-refractivity contribution in [3.05, 3.63) is 0 Å². The molecule has 1 heterocycles. The van der Waals surface area contributed by atoms with Crippen LogP contribution in [0, 0.1) is 11.3 Å². The van der Waals surface area contributed by atoms with Gasteiger partial charge in [-0.1, -0.05) is 59.4 Å². The normalized spacial score (nSPS) is 20.3. The Balaban J connectivity index is 2.16. The number of carbonyl (C=O) groups is 6. The maximum Gasteiger partial charge on any atom is 0.289 e. The van der Waals surface area contributed by atoms with E-state index in [0.29, 0.717) is 32.2 Å². The Labute approximate surface area is 241 Å². The average Bonchev–Trinajstić information content (AvgIpc) is 3.61. The standard InChI is InChI=1S/C27H46N6O6S/c1-7-9-18(22(36)25(38)30-17-10-11-17)31-24(37)21-16(8-2)12-13-33(21)26(39)23(27(3,4)5)32-20(35)14-28-19(34)15-29-40-6/h16-18,21,23,29H,7-15H2,1-6H3,(H,28,34)(H,30,38)(H,31,37)(H,32,35)/t16-,18?,21?,23?/m0/s1. The first kappa shape index (κ1) is 33.5. The lowest BCUT2D eigenvalue weighted by molar-refractivity contribution is -0.145. The zero-order valence-corrected chi connectivity index (χ0v) is 25.4. The third-order valence-electron chi connectivity index (χ3n) is 7.19. The molecular formula is C27H46N6O6S. The van der Waals surface area contributed by atoms with Crippen LogP contribution in [0.5, 0.6) is 0 Å². The van der Waals surface area contributed by atoms with Crippen molar-refractivity contribution < 1.29 is 28.8 Å². The van der Waals surface area contributed by atoms with E-state index in [2.05, 4.69) is 26.0 Å². The van der Waals surface area contributed by atoms with Crippen LogP contribution >= 0.6 is 11.9 Å². The van der Waals surface area contributed by atoms with Gasteiger partial charge in [0.05, 0.1) is 19.1 Å². The number of nitrogens with one attached hydrogen (secondary N) is 5. The van der Waals surface area contributed by atoms with E-state index >= 15 is 0 Å². The molecule has 2 aliphatic rings. The molecular weight excluding hydrogens is 536 g/mol. The number of carbonyl (C=O) groups excluding carboxylic acids is 6. The van der Waals surface area contributed by atoms with Gasteiger partial charge < -0.3 is 26.2 Å². The minimum absolute atomic E-state index is 0.0201. The first-order valence-electron chi connectivity index (χ1n) is 14.1. The SMILES string of the molecule is CCCC(NC(=O)C1[C@@H](CC)CCN1C(=O)C(NC(=O)CNC(=O)CNSC)C(C)(C)C)C(=O)C(=O)NC1CC1. The number of nitrogens with zero attached hydrogens (tertiary/aromatic N) is 1. The Morgan fingerprint density at radius 1 is 0.950 bits per heavy atom. The highest BCUT2D eigenvalue weighted by Crippen LogP contribution is 2.31. The summed E-state index contributed by atoms with van der Waals surface area (Å²) in [4.78, 5) is 78.8. The van der Waals surface area contributed by atoms with Gasteiger partial charge in [0, 0.05) is 12.6 Å². The van der Waals surface area contributed by atoms with Crippen LogP contribution < -0.4 is 26.0 Å². The van der Waals surface area contributed by atoms with Gasteiger partial charge in [-0.2, -0.15) is 0 Å². The van der Waals surface area contributed by atoms with Crippen LogP contribution in [0.3, 0.4) is 0 Å². The largest absolute Gasteiger partial charge is 0.347 e. The summed E-state index contributed by atoms with van der Waals surface area (Å²) < 4.78 is 2.79. The number of hydrogen-bond acceptors (Lipinski definition) is 8. The van der Waals surface area contributed by atoms with Gasteiger partial charge in [0.2, 0.25) is 29.4 Å². The third kappa shape index (κ3) is 9.76. The molecule has 1 aliphatic carbocycles. The Hall–Kier alpha value is -2.67. The molecule has 5 amide bonds.